The molecule has 0 spiro atoms. The van der Waals surface area contributed by atoms with Gasteiger partial charge in [0.2, 0.25) is 0 Å². The van der Waals surface area contributed by atoms with E-state index < -0.39 is 0 Å². The number of carbonyl (C=O) groups excluding carboxylic acids is 1. The summed E-state index contributed by atoms with van der Waals surface area (Å²) >= 11 is 1.99. The number of nitrogens with one attached hydrogen (secondary N) is 2. The van der Waals surface area contributed by atoms with Crippen LogP contribution >= 0.6 is 11.8 Å². The Bertz CT molecular complexity index is 245. The van der Waals surface area contributed by atoms with Crippen LogP contribution in [0.4, 0.5) is 4.79 Å². The third-order valence-electron chi connectivity index (χ3n) is 3.61. The van der Waals surface area contributed by atoms with Crippen molar-refractivity contribution in [1.29, 1.82) is 0 Å². The maximum absolute atomic E-state index is 11.7. The van der Waals surface area contributed by atoms with Gasteiger partial charge in [0.15, 0.2) is 0 Å². The molecule has 1 saturated heterocycles. The van der Waals surface area contributed by atoms with Gasteiger partial charge in [-0.3, -0.25) is 0 Å². The third-order valence-corrected chi connectivity index (χ3v) is 5.15. The minimum absolute atomic E-state index is 0.0284. The van der Waals surface area contributed by atoms with E-state index in [0.717, 1.165) is 19.4 Å². The molecule has 2 rings (SSSR count). The molecule has 2 N–H and O–H groups in total. The first-order valence-electron chi connectivity index (χ1n) is 6.36. The minimum atomic E-state index is 0.0284. The summed E-state index contributed by atoms with van der Waals surface area (Å²) in [6, 6.07) is 0.449. The minimum Gasteiger partial charge on any atom is -0.337 e. The first-order valence-corrected chi connectivity index (χ1v) is 7.35. The third kappa shape index (κ3) is 3.30. The van der Waals surface area contributed by atoms with Gasteiger partial charge in [0.25, 0.3) is 0 Å². The fourth-order valence-corrected chi connectivity index (χ4v) is 3.79. The van der Waals surface area contributed by atoms with Gasteiger partial charge in [-0.2, -0.15) is 11.8 Å². The molecule has 0 bridgehead atoms. The van der Waals surface area contributed by atoms with E-state index in [0.29, 0.717) is 6.04 Å². The van der Waals surface area contributed by atoms with Gasteiger partial charge in [0.05, 0.1) is 0 Å². The van der Waals surface area contributed by atoms with Crippen LogP contribution in [0.2, 0.25) is 0 Å². The second kappa shape index (κ2) is 5.30. The fraction of sp³-hybridized carbons (Fsp3) is 0.917. The van der Waals surface area contributed by atoms with Crippen LogP contribution in [-0.4, -0.2) is 29.1 Å². The molecule has 2 aliphatic rings. The van der Waals surface area contributed by atoms with E-state index in [-0.39, 0.29) is 10.8 Å². The van der Waals surface area contributed by atoms with Crippen molar-refractivity contribution in [2.24, 2.45) is 0 Å². The molecule has 2 amide bonds. The van der Waals surface area contributed by atoms with Gasteiger partial charge >= 0.3 is 6.03 Å². The Morgan fingerprint density at radius 3 is 2.75 bits per heavy atom. The predicted molar refractivity (Wildman–Crippen MR) is 68.9 cm³/mol. The Balaban J connectivity index is 1.66. The Labute approximate surface area is 102 Å². The lowest BCUT2D eigenvalue weighted by atomic mass is 10.1. The summed E-state index contributed by atoms with van der Waals surface area (Å²) in [6.07, 6.45) is 7.34. The van der Waals surface area contributed by atoms with E-state index >= 15 is 0 Å². The standard InChI is InChI=1S/C12H22N2OS/c1-12(7-4-8-16-12)9-13-11(15)14-10-5-2-3-6-10/h10H,2-9H2,1H3,(H2,13,14,15). The van der Waals surface area contributed by atoms with E-state index in [9.17, 15) is 4.79 Å². The summed E-state index contributed by atoms with van der Waals surface area (Å²) in [5.41, 5.74) is 0. The van der Waals surface area contributed by atoms with E-state index in [2.05, 4.69) is 17.6 Å². The summed E-state index contributed by atoms with van der Waals surface area (Å²) < 4.78 is 0.271. The number of hydrogen-bond donors (Lipinski definition) is 2. The van der Waals surface area contributed by atoms with Crippen LogP contribution < -0.4 is 10.6 Å². The molecule has 2 fully saturated rings. The first kappa shape index (κ1) is 12.1. The van der Waals surface area contributed by atoms with Crippen LogP contribution in [0.5, 0.6) is 0 Å². The number of carbonyl (C=O) groups is 1. The zero-order valence-corrected chi connectivity index (χ0v) is 10.9. The number of amides is 2. The van der Waals surface area contributed by atoms with Crippen LogP contribution in [0, 0.1) is 0 Å². The highest BCUT2D eigenvalue weighted by molar-refractivity contribution is 8.00. The van der Waals surface area contributed by atoms with Crippen LogP contribution in [0.15, 0.2) is 0 Å². The van der Waals surface area contributed by atoms with Crippen molar-refractivity contribution in [2.75, 3.05) is 12.3 Å². The molecule has 0 aromatic rings. The molecule has 0 aromatic carbocycles. The second-order valence-electron chi connectivity index (χ2n) is 5.21. The van der Waals surface area contributed by atoms with Crippen molar-refractivity contribution in [3.05, 3.63) is 0 Å². The number of urea groups is 1. The molecule has 1 aliphatic heterocycles. The van der Waals surface area contributed by atoms with Crippen LogP contribution in [-0.2, 0) is 0 Å². The topological polar surface area (TPSA) is 41.1 Å². The molecule has 1 atom stereocenters. The van der Waals surface area contributed by atoms with Crippen molar-refractivity contribution in [1.82, 2.24) is 10.6 Å². The zero-order chi connectivity index (χ0) is 11.4. The molecule has 3 nitrogen and oxygen atoms in total. The van der Waals surface area contributed by atoms with Crippen molar-refractivity contribution >= 4 is 17.8 Å². The van der Waals surface area contributed by atoms with E-state index in [4.69, 9.17) is 0 Å². The van der Waals surface area contributed by atoms with Crippen molar-refractivity contribution < 1.29 is 4.79 Å². The summed E-state index contributed by atoms with van der Waals surface area (Å²) in [7, 11) is 0. The van der Waals surface area contributed by atoms with Gasteiger partial charge in [-0.25, -0.2) is 4.79 Å². The van der Waals surface area contributed by atoms with Gasteiger partial charge in [-0.1, -0.05) is 12.8 Å². The Morgan fingerprint density at radius 1 is 1.38 bits per heavy atom. The lowest BCUT2D eigenvalue weighted by Crippen LogP contribution is -2.45. The smallest absolute Gasteiger partial charge is 0.315 e. The van der Waals surface area contributed by atoms with Gasteiger partial charge in [0, 0.05) is 17.3 Å². The highest BCUT2D eigenvalue weighted by Gasteiger charge is 2.30. The van der Waals surface area contributed by atoms with Gasteiger partial charge in [-0.15, -0.1) is 0 Å². The van der Waals surface area contributed by atoms with Crippen molar-refractivity contribution in [3.63, 3.8) is 0 Å². The van der Waals surface area contributed by atoms with Gasteiger partial charge in [0.1, 0.15) is 0 Å². The predicted octanol–water partition coefficient (Wildman–Crippen LogP) is 2.51. The first-order chi connectivity index (χ1) is 7.68. The average molecular weight is 242 g/mol. The van der Waals surface area contributed by atoms with E-state index in [1.807, 2.05) is 11.8 Å². The van der Waals surface area contributed by atoms with E-state index in [1.54, 1.807) is 0 Å². The van der Waals surface area contributed by atoms with Crippen LogP contribution in [0.3, 0.4) is 0 Å². The molecular formula is C12H22N2OS. The lowest BCUT2D eigenvalue weighted by molar-refractivity contribution is 0.236. The maximum atomic E-state index is 11.7. The highest BCUT2D eigenvalue weighted by Crippen LogP contribution is 2.36. The monoisotopic (exact) mass is 242 g/mol. The molecule has 92 valence electrons. The zero-order valence-electron chi connectivity index (χ0n) is 10.1. The van der Waals surface area contributed by atoms with Crippen molar-refractivity contribution in [2.45, 2.75) is 56.2 Å². The summed E-state index contributed by atoms with van der Waals surface area (Å²) in [4.78, 5) is 11.7. The highest BCUT2D eigenvalue weighted by atomic mass is 32.2. The SMILES string of the molecule is CC1(CNC(=O)NC2CCCC2)CCCS1. The Morgan fingerprint density at radius 2 is 2.12 bits per heavy atom. The molecule has 0 radical (unpaired) electrons. The maximum Gasteiger partial charge on any atom is 0.315 e. The number of thioether (sulfide) groups is 1. The molecule has 4 heteroatoms. The number of hydrogen-bond acceptors (Lipinski definition) is 2. The normalized spacial score (nSPS) is 30.6. The van der Waals surface area contributed by atoms with Crippen LogP contribution in [0.1, 0.15) is 45.4 Å². The van der Waals surface area contributed by atoms with Crippen LogP contribution in [0.25, 0.3) is 0 Å². The molecule has 1 unspecified atom stereocenters. The molecule has 1 saturated carbocycles. The van der Waals surface area contributed by atoms with Crippen molar-refractivity contribution in [3.8, 4) is 0 Å². The van der Waals surface area contributed by atoms with Gasteiger partial charge in [-0.05, 0) is 38.4 Å². The lowest BCUT2D eigenvalue weighted by Gasteiger charge is -2.23. The molecule has 1 heterocycles. The quantitative estimate of drug-likeness (QED) is 0.798. The molecule has 0 aromatic heterocycles. The largest absolute Gasteiger partial charge is 0.337 e. The average Bonchev–Trinajstić information content (AvgIpc) is 2.88. The number of rotatable bonds is 3. The fourth-order valence-electron chi connectivity index (χ4n) is 2.55. The summed E-state index contributed by atoms with van der Waals surface area (Å²) in [5, 5.41) is 6.08. The van der Waals surface area contributed by atoms with Gasteiger partial charge < -0.3 is 10.6 Å². The Kier molecular flexibility index (Phi) is 4.00. The summed E-state index contributed by atoms with van der Waals surface area (Å²) in [6.45, 7) is 3.05. The Hall–Kier alpha value is -0.380. The van der Waals surface area contributed by atoms with E-state index in [1.165, 1.54) is 31.4 Å². The summed E-state index contributed by atoms with van der Waals surface area (Å²) in [5.74, 6) is 1.24. The second-order valence-corrected chi connectivity index (χ2v) is 6.89. The molecule has 1 aliphatic carbocycles. The molecular weight excluding hydrogens is 220 g/mol. The molecule has 16 heavy (non-hydrogen) atoms.